The van der Waals surface area contributed by atoms with E-state index in [1.54, 1.807) is 6.07 Å². The van der Waals surface area contributed by atoms with E-state index in [1.165, 1.54) is 0 Å². The van der Waals surface area contributed by atoms with Gasteiger partial charge in [0, 0.05) is 15.8 Å². The normalized spacial score (nSPS) is 10.6. The van der Waals surface area contributed by atoms with Gasteiger partial charge in [-0.1, -0.05) is 29.8 Å². The molecule has 5 heteroatoms. The molecule has 4 nitrogen and oxygen atoms in total. The molecular formula is C17H19BrN2O2. The largest absolute Gasteiger partial charge is 0.508 e. The van der Waals surface area contributed by atoms with Crippen molar-refractivity contribution in [2.24, 2.45) is 0 Å². The van der Waals surface area contributed by atoms with Crippen molar-refractivity contribution in [3.8, 4) is 5.75 Å². The lowest BCUT2D eigenvalue weighted by atomic mass is 9.99. The third-order valence-corrected chi connectivity index (χ3v) is 3.87. The highest BCUT2D eigenvalue weighted by molar-refractivity contribution is 9.10. The number of nitrogens with one attached hydrogen (secondary N) is 2. The quantitative estimate of drug-likeness (QED) is 0.654. The standard InChI is InChI=1S/C17H19BrN2O2/c1-10(2)14-9-15(11(3)8-16(14)21)20-17(22)19-13-6-4-12(18)5-7-13/h4-10,21H,1-3H3,(H2,19,20,22). The summed E-state index contributed by atoms with van der Waals surface area (Å²) < 4.78 is 0.953. The molecule has 0 spiro atoms. The van der Waals surface area contributed by atoms with Crippen LogP contribution in [0.5, 0.6) is 5.75 Å². The van der Waals surface area contributed by atoms with Crippen LogP contribution >= 0.6 is 15.9 Å². The molecular weight excluding hydrogens is 344 g/mol. The minimum Gasteiger partial charge on any atom is -0.508 e. The number of amides is 2. The molecule has 22 heavy (non-hydrogen) atoms. The molecule has 116 valence electrons. The summed E-state index contributed by atoms with van der Waals surface area (Å²) in [6.45, 7) is 5.84. The molecule has 0 fully saturated rings. The van der Waals surface area contributed by atoms with E-state index in [4.69, 9.17) is 0 Å². The first-order chi connectivity index (χ1) is 10.4. The summed E-state index contributed by atoms with van der Waals surface area (Å²) in [7, 11) is 0. The summed E-state index contributed by atoms with van der Waals surface area (Å²) in [4.78, 5) is 12.1. The van der Waals surface area contributed by atoms with Gasteiger partial charge in [-0.15, -0.1) is 0 Å². The van der Waals surface area contributed by atoms with E-state index in [0.29, 0.717) is 11.4 Å². The molecule has 0 aliphatic heterocycles. The van der Waals surface area contributed by atoms with Crippen molar-refractivity contribution >= 4 is 33.3 Å². The van der Waals surface area contributed by atoms with Gasteiger partial charge in [0.15, 0.2) is 0 Å². The van der Waals surface area contributed by atoms with Gasteiger partial charge in [-0.05, 0) is 60.4 Å². The van der Waals surface area contributed by atoms with E-state index in [9.17, 15) is 9.90 Å². The average Bonchev–Trinajstić information content (AvgIpc) is 2.44. The maximum Gasteiger partial charge on any atom is 0.323 e. The first-order valence-corrected chi connectivity index (χ1v) is 7.83. The SMILES string of the molecule is Cc1cc(O)c(C(C)C)cc1NC(=O)Nc1ccc(Br)cc1. The van der Waals surface area contributed by atoms with Crippen molar-refractivity contribution in [1.82, 2.24) is 0 Å². The molecule has 0 aliphatic rings. The van der Waals surface area contributed by atoms with E-state index in [1.807, 2.05) is 51.1 Å². The Morgan fingerprint density at radius 1 is 1.14 bits per heavy atom. The number of rotatable bonds is 3. The minimum absolute atomic E-state index is 0.177. The van der Waals surface area contributed by atoms with Crippen molar-refractivity contribution < 1.29 is 9.90 Å². The Morgan fingerprint density at radius 2 is 1.77 bits per heavy atom. The van der Waals surface area contributed by atoms with E-state index >= 15 is 0 Å². The Morgan fingerprint density at radius 3 is 2.36 bits per heavy atom. The molecule has 3 N–H and O–H groups in total. The van der Waals surface area contributed by atoms with Crippen molar-refractivity contribution in [3.05, 3.63) is 52.0 Å². The van der Waals surface area contributed by atoms with Gasteiger partial charge in [0.25, 0.3) is 0 Å². The number of hydrogen-bond donors (Lipinski definition) is 3. The second kappa shape index (κ2) is 6.83. The first kappa shape index (κ1) is 16.4. The third-order valence-electron chi connectivity index (χ3n) is 3.35. The Kier molecular flexibility index (Phi) is 5.08. The van der Waals surface area contributed by atoms with E-state index in [0.717, 1.165) is 15.6 Å². The molecule has 0 aromatic heterocycles. The fraction of sp³-hybridized carbons (Fsp3) is 0.235. The Bertz CT molecular complexity index is 682. The summed E-state index contributed by atoms with van der Waals surface area (Å²) in [5.41, 5.74) is 3.02. The molecule has 0 atom stereocenters. The molecule has 2 amide bonds. The lowest BCUT2D eigenvalue weighted by Crippen LogP contribution is -2.20. The predicted octanol–water partition coefficient (Wildman–Crippen LogP) is 5.23. The highest BCUT2D eigenvalue weighted by Gasteiger charge is 2.12. The Labute approximate surface area is 138 Å². The average molecular weight is 363 g/mol. The van der Waals surface area contributed by atoms with Gasteiger partial charge >= 0.3 is 6.03 Å². The number of carbonyl (C=O) groups excluding carboxylic acids is 1. The number of aryl methyl sites for hydroxylation is 1. The fourth-order valence-electron chi connectivity index (χ4n) is 2.12. The summed E-state index contributed by atoms with van der Waals surface area (Å²) >= 11 is 3.35. The fourth-order valence-corrected chi connectivity index (χ4v) is 2.39. The van der Waals surface area contributed by atoms with E-state index in [2.05, 4.69) is 26.6 Å². The number of hydrogen-bond acceptors (Lipinski definition) is 2. The monoisotopic (exact) mass is 362 g/mol. The number of urea groups is 1. The van der Waals surface area contributed by atoms with Gasteiger partial charge in [-0.25, -0.2) is 4.79 Å². The van der Waals surface area contributed by atoms with Crippen LogP contribution in [-0.4, -0.2) is 11.1 Å². The Balaban J connectivity index is 2.14. The molecule has 0 heterocycles. The molecule has 0 bridgehead atoms. The molecule has 2 aromatic rings. The van der Waals surface area contributed by atoms with Crippen LogP contribution in [0.15, 0.2) is 40.9 Å². The first-order valence-electron chi connectivity index (χ1n) is 7.04. The van der Waals surface area contributed by atoms with Crippen molar-refractivity contribution in [2.45, 2.75) is 26.7 Å². The van der Waals surface area contributed by atoms with Gasteiger partial charge in [0.05, 0.1) is 0 Å². The van der Waals surface area contributed by atoms with Crippen molar-refractivity contribution in [3.63, 3.8) is 0 Å². The van der Waals surface area contributed by atoms with Crippen LogP contribution < -0.4 is 10.6 Å². The zero-order valence-corrected chi connectivity index (χ0v) is 14.4. The number of benzene rings is 2. The van der Waals surface area contributed by atoms with Crippen LogP contribution in [0.1, 0.15) is 30.9 Å². The zero-order chi connectivity index (χ0) is 16.3. The van der Waals surface area contributed by atoms with Gasteiger partial charge in [0.2, 0.25) is 0 Å². The second-order valence-corrected chi connectivity index (χ2v) is 6.38. The van der Waals surface area contributed by atoms with Gasteiger partial charge < -0.3 is 15.7 Å². The smallest absolute Gasteiger partial charge is 0.323 e. The molecule has 2 aromatic carbocycles. The van der Waals surface area contributed by atoms with Gasteiger partial charge in [0.1, 0.15) is 5.75 Å². The molecule has 2 rings (SSSR count). The molecule has 0 radical (unpaired) electrons. The number of halogens is 1. The number of anilines is 2. The number of carbonyl (C=O) groups is 1. The van der Waals surface area contributed by atoms with Gasteiger partial charge in [-0.3, -0.25) is 0 Å². The van der Waals surface area contributed by atoms with Crippen LogP contribution in [0.3, 0.4) is 0 Å². The van der Waals surface area contributed by atoms with E-state index in [-0.39, 0.29) is 17.7 Å². The lowest BCUT2D eigenvalue weighted by Gasteiger charge is -2.15. The number of phenolic OH excluding ortho intramolecular Hbond substituents is 1. The summed E-state index contributed by atoms with van der Waals surface area (Å²) in [5, 5.41) is 15.5. The van der Waals surface area contributed by atoms with Crippen LogP contribution in [0, 0.1) is 6.92 Å². The Hall–Kier alpha value is -2.01. The zero-order valence-electron chi connectivity index (χ0n) is 12.8. The summed E-state index contributed by atoms with van der Waals surface area (Å²) in [6.07, 6.45) is 0. The van der Waals surface area contributed by atoms with Crippen LogP contribution in [0.2, 0.25) is 0 Å². The maximum absolute atomic E-state index is 12.1. The highest BCUT2D eigenvalue weighted by Crippen LogP contribution is 2.31. The summed E-state index contributed by atoms with van der Waals surface area (Å²) in [5.74, 6) is 0.432. The van der Waals surface area contributed by atoms with Crippen LogP contribution in [0.25, 0.3) is 0 Å². The summed E-state index contributed by atoms with van der Waals surface area (Å²) in [6, 6.07) is 10.5. The number of aromatic hydroxyl groups is 1. The van der Waals surface area contributed by atoms with Crippen LogP contribution in [-0.2, 0) is 0 Å². The predicted molar refractivity (Wildman–Crippen MR) is 93.7 cm³/mol. The van der Waals surface area contributed by atoms with Crippen LogP contribution in [0.4, 0.5) is 16.2 Å². The molecule has 0 aliphatic carbocycles. The van der Waals surface area contributed by atoms with Crippen molar-refractivity contribution in [1.29, 1.82) is 0 Å². The molecule has 0 saturated heterocycles. The maximum atomic E-state index is 12.1. The van der Waals surface area contributed by atoms with E-state index < -0.39 is 0 Å². The molecule has 0 saturated carbocycles. The van der Waals surface area contributed by atoms with Gasteiger partial charge in [-0.2, -0.15) is 0 Å². The third kappa shape index (κ3) is 4.01. The minimum atomic E-state index is -0.314. The molecule has 0 unspecified atom stereocenters. The number of phenols is 1. The second-order valence-electron chi connectivity index (χ2n) is 5.47. The van der Waals surface area contributed by atoms with Crippen molar-refractivity contribution in [2.75, 3.05) is 10.6 Å². The lowest BCUT2D eigenvalue weighted by molar-refractivity contribution is 0.262. The topological polar surface area (TPSA) is 61.4 Å². The highest BCUT2D eigenvalue weighted by atomic mass is 79.9.